The van der Waals surface area contributed by atoms with Gasteiger partial charge >= 0.3 is 0 Å². The summed E-state index contributed by atoms with van der Waals surface area (Å²) in [5.74, 6) is 0. The Balaban J connectivity index is 1.28. The third-order valence-electron chi connectivity index (χ3n) is 9.41. The number of rotatable bonds is 7. The molecule has 7 aromatic rings. The minimum atomic E-state index is -0.114. The summed E-state index contributed by atoms with van der Waals surface area (Å²) in [5.41, 5.74) is 14.4. The third-order valence-corrected chi connectivity index (χ3v) is 9.41. The van der Waals surface area contributed by atoms with Crippen molar-refractivity contribution in [1.29, 1.82) is 0 Å². The van der Waals surface area contributed by atoms with Crippen LogP contribution in [0.1, 0.15) is 25.0 Å². The van der Waals surface area contributed by atoms with Crippen molar-refractivity contribution in [3.8, 4) is 22.3 Å². The van der Waals surface area contributed by atoms with Gasteiger partial charge in [-0.2, -0.15) is 0 Å². The molecule has 2 heteroatoms. The van der Waals surface area contributed by atoms with E-state index in [-0.39, 0.29) is 5.41 Å². The highest BCUT2D eigenvalue weighted by Gasteiger charge is 2.36. The summed E-state index contributed by atoms with van der Waals surface area (Å²) in [6, 6.07) is 65.5. The van der Waals surface area contributed by atoms with Gasteiger partial charge in [-0.15, -0.1) is 0 Å². The smallest absolute Gasteiger partial charge is 0.0468 e. The summed E-state index contributed by atoms with van der Waals surface area (Å²) in [6.07, 6.45) is 0. The molecule has 0 aromatic heterocycles. The largest absolute Gasteiger partial charge is 0.310 e. The maximum atomic E-state index is 2.39. The molecule has 1 aliphatic rings. The van der Waals surface area contributed by atoms with E-state index in [9.17, 15) is 0 Å². The zero-order valence-electron chi connectivity index (χ0n) is 26.7. The molecule has 0 amide bonds. The van der Waals surface area contributed by atoms with Crippen molar-refractivity contribution in [2.75, 3.05) is 9.80 Å². The zero-order valence-corrected chi connectivity index (χ0v) is 26.7. The standard InChI is InChI=1S/C45H36N2/c1-45(2)43-28-26-39(46(35-19-9-4-10-20-35)36-21-11-5-12-22-36)31-41(43)42-32-40(27-29-44(42)45)47(37-23-13-6-14-24-37)38-25-15-18-34(30-38)33-16-7-3-8-17-33/h3-32H,1-2H3. The van der Waals surface area contributed by atoms with E-state index in [2.05, 4.69) is 206 Å². The average Bonchev–Trinajstić information content (AvgIpc) is 3.35. The first-order valence-electron chi connectivity index (χ1n) is 16.3. The average molecular weight is 605 g/mol. The van der Waals surface area contributed by atoms with Gasteiger partial charge in [0, 0.05) is 39.5 Å². The molecule has 0 N–H and O–H groups in total. The van der Waals surface area contributed by atoms with Crippen molar-refractivity contribution in [1.82, 2.24) is 0 Å². The van der Waals surface area contributed by atoms with Gasteiger partial charge in [-0.25, -0.2) is 0 Å². The zero-order chi connectivity index (χ0) is 31.8. The van der Waals surface area contributed by atoms with Crippen LogP contribution in [-0.4, -0.2) is 0 Å². The van der Waals surface area contributed by atoms with Crippen molar-refractivity contribution in [3.05, 3.63) is 193 Å². The molecular weight excluding hydrogens is 569 g/mol. The lowest BCUT2D eigenvalue weighted by molar-refractivity contribution is 0.660. The summed E-state index contributed by atoms with van der Waals surface area (Å²) >= 11 is 0. The molecule has 0 unspecified atom stereocenters. The normalized spacial score (nSPS) is 12.6. The molecule has 0 radical (unpaired) electrons. The van der Waals surface area contributed by atoms with Gasteiger partial charge in [-0.3, -0.25) is 0 Å². The fourth-order valence-electron chi connectivity index (χ4n) is 7.10. The fourth-order valence-corrected chi connectivity index (χ4v) is 7.10. The van der Waals surface area contributed by atoms with Gasteiger partial charge in [0.2, 0.25) is 0 Å². The molecule has 0 spiro atoms. The van der Waals surface area contributed by atoms with Crippen LogP contribution in [-0.2, 0) is 5.41 Å². The van der Waals surface area contributed by atoms with Gasteiger partial charge in [0.05, 0.1) is 0 Å². The molecule has 0 fully saturated rings. The predicted molar refractivity (Wildman–Crippen MR) is 199 cm³/mol. The fraction of sp³-hybridized carbons (Fsp3) is 0.0667. The van der Waals surface area contributed by atoms with Crippen LogP contribution in [0.25, 0.3) is 22.3 Å². The van der Waals surface area contributed by atoms with Crippen LogP contribution >= 0.6 is 0 Å². The highest BCUT2D eigenvalue weighted by atomic mass is 15.1. The van der Waals surface area contributed by atoms with E-state index >= 15 is 0 Å². The Morgan fingerprint density at radius 3 is 1.15 bits per heavy atom. The van der Waals surface area contributed by atoms with E-state index in [1.165, 1.54) is 33.4 Å². The number of hydrogen-bond acceptors (Lipinski definition) is 2. The highest BCUT2D eigenvalue weighted by Crippen LogP contribution is 2.52. The Bertz CT molecular complexity index is 2110. The van der Waals surface area contributed by atoms with Crippen LogP contribution in [0.2, 0.25) is 0 Å². The van der Waals surface area contributed by atoms with Crippen molar-refractivity contribution in [2.45, 2.75) is 19.3 Å². The number of fused-ring (bicyclic) bond motifs is 3. The van der Waals surface area contributed by atoms with Gasteiger partial charge < -0.3 is 9.80 Å². The molecule has 1 aliphatic carbocycles. The third kappa shape index (κ3) is 5.18. The first kappa shape index (κ1) is 28.6. The number of para-hydroxylation sites is 3. The Hall–Kier alpha value is -5.86. The van der Waals surface area contributed by atoms with E-state index in [4.69, 9.17) is 0 Å². The molecule has 0 saturated carbocycles. The molecule has 0 atom stereocenters. The van der Waals surface area contributed by atoms with Gasteiger partial charge in [-0.05, 0) is 106 Å². The molecule has 7 aromatic carbocycles. The molecule has 0 aliphatic heterocycles. The summed E-state index contributed by atoms with van der Waals surface area (Å²) in [4.78, 5) is 4.72. The van der Waals surface area contributed by atoms with Crippen molar-refractivity contribution in [2.24, 2.45) is 0 Å². The Morgan fingerprint density at radius 2 is 0.681 bits per heavy atom. The van der Waals surface area contributed by atoms with Crippen molar-refractivity contribution < 1.29 is 0 Å². The summed E-state index contributed by atoms with van der Waals surface area (Å²) in [5, 5.41) is 0. The lowest BCUT2D eigenvalue weighted by Gasteiger charge is -2.27. The van der Waals surface area contributed by atoms with Crippen molar-refractivity contribution in [3.63, 3.8) is 0 Å². The number of nitrogens with zero attached hydrogens (tertiary/aromatic N) is 2. The number of benzene rings is 7. The Kier molecular flexibility index (Phi) is 7.19. The topological polar surface area (TPSA) is 6.48 Å². The molecule has 0 heterocycles. The Morgan fingerprint density at radius 1 is 0.319 bits per heavy atom. The molecule has 47 heavy (non-hydrogen) atoms. The monoisotopic (exact) mass is 604 g/mol. The molecular formula is C45H36N2. The first-order valence-corrected chi connectivity index (χ1v) is 16.3. The maximum absolute atomic E-state index is 2.39. The maximum Gasteiger partial charge on any atom is 0.0468 e. The lowest BCUT2D eigenvalue weighted by atomic mass is 9.82. The van der Waals surface area contributed by atoms with Crippen LogP contribution in [0.15, 0.2) is 182 Å². The SMILES string of the molecule is CC1(C)c2ccc(N(c3ccccc3)c3ccccc3)cc2-c2cc(N(c3ccccc3)c3cccc(-c4ccccc4)c3)ccc21. The molecule has 0 saturated heterocycles. The Labute approximate surface area is 277 Å². The predicted octanol–water partition coefficient (Wildman–Crippen LogP) is 12.6. The van der Waals surface area contributed by atoms with Gasteiger partial charge in [0.25, 0.3) is 0 Å². The van der Waals surface area contributed by atoms with Crippen LogP contribution in [0, 0.1) is 0 Å². The van der Waals surface area contributed by atoms with Crippen LogP contribution < -0.4 is 9.80 Å². The molecule has 0 bridgehead atoms. The highest BCUT2D eigenvalue weighted by molar-refractivity contribution is 5.90. The van der Waals surface area contributed by atoms with E-state index < -0.39 is 0 Å². The minimum Gasteiger partial charge on any atom is -0.310 e. The van der Waals surface area contributed by atoms with Crippen LogP contribution in [0.3, 0.4) is 0 Å². The van der Waals surface area contributed by atoms with Crippen LogP contribution in [0.4, 0.5) is 34.1 Å². The van der Waals surface area contributed by atoms with E-state index in [1.54, 1.807) is 0 Å². The first-order chi connectivity index (χ1) is 23.1. The van der Waals surface area contributed by atoms with Crippen molar-refractivity contribution >= 4 is 34.1 Å². The molecule has 8 rings (SSSR count). The number of hydrogen-bond donors (Lipinski definition) is 0. The minimum absolute atomic E-state index is 0.114. The van der Waals surface area contributed by atoms with E-state index in [1.807, 2.05) is 0 Å². The lowest BCUT2D eigenvalue weighted by Crippen LogP contribution is -2.16. The summed E-state index contributed by atoms with van der Waals surface area (Å²) < 4.78 is 0. The molecule has 2 nitrogen and oxygen atoms in total. The van der Waals surface area contributed by atoms with Crippen LogP contribution in [0.5, 0.6) is 0 Å². The summed E-state index contributed by atoms with van der Waals surface area (Å²) in [6.45, 7) is 4.70. The van der Waals surface area contributed by atoms with Gasteiger partial charge in [0.1, 0.15) is 0 Å². The second kappa shape index (κ2) is 11.8. The second-order valence-corrected chi connectivity index (χ2v) is 12.7. The van der Waals surface area contributed by atoms with Gasteiger partial charge in [-0.1, -0.05) is 123 Å². The molecule has 226 valence electrons. The summed E-state index contributed by atoms with van der Waals surface area (Å²) in [7, 11) is 0. The second-order valence-electron chi connectivity index (χ2n) is 12.7. The van der Waals surface area contributed by atoms with E-state index in [0.717, 1.165) is 34.1 Å². The number of anilines is 6. The van der Waals surface area contributed by atoms with Gasteiger partial charge in [0.15, 0.2) is 0 Å². The quantitative estimate of drug-likeness (QED) is 0.179. The van der Waals surface area contributed by atoms with E-state index in [0.29, 0.717) is 0 Å².